The molecule has 1 atom stereocenters. The molecule has 0 spiro atoms. The lowest BCUT2D eigenvalue weighted by Crippen LogP contribution is -2.22. The van der Waals surface area contributed by atoms with Crippen LogP contribution in [0, 0.1) is 12.8 Å². The first-order chi connectivity index (χ1) is 18.1. The van der Waals surface area contributed by atoms with E-state index in [0.717, 1.165) is 59.7 Å². The summed E-state index contributed by atoms with van der Waals surface area (Å²) in [5.74, 6) is 3.25. The Bertz CT molecular complexity index is 1580. The summed E-state index contributed by atoms with van der Waals surface area (Å²) in [5, 5.41) is 12.7. The Morgan fingerprint density at radius 2 is 2.00 bits per heavy atom. The van der Waals surface area contributed by atoms with Gasteiger partial charge in [-0.15, -0.1) is 0 Å². The van der Waals surface area contributed by atoms with Crippen molar-refractivity contribution >= 4 is 39.5 Å². The third kappa shape index (κ3) is 4.63. The van der Waals surface area contributed by atoms with Crippen LogP contribution in [-0.2, 0) is 7.05 Å². The van der Waals surface area contributed by atoms with Gasteiger partial charge in [0.05, 0.1) is 23.6 Å². The number of rotatable bonds is 7. The second kappa shape index (κ2) is 9.62. The summed E-state index contributed by atoms with van der Waals surface area (Å²) in [6, 6.07) is 11.8. The van der Waals surface area contributed by atoms with Gasteiger partial charge in [0.15, 0.2) is 5.82 Å². The molecule has 3 aromatic heterocycles. The van der Waals surface area contributed by atoms with Crippen molar-refractivity contribution in [2.24, 2.45) is 13.0 Å². The largest absolute Gasteiger partial charge is 0.457 e. The number of aliphatic hydroxyl groups is 1. The molecule has 4 heterocycles. The Hall–Kier alpha value is -4.31. The van der Waals surface area contributed by atoms with Crippen LogP contribution in [-0.4, -0.2) is 54.3 Å². The van der Waals surface area contributed by atoms with Crippen LogP contribution >= 0.6 is 0 Å². The highest BCUT2D eigenvalue weighted by molar-refractivity contribution is 5.87. The van der Waals surface area contributed by atoms with E-state index < -0.39 is 0 Å². The smallest absolute Gasteiger partial charge is 0.226 e. The Labute approximate surface area is 214 Å². The predicted molar refractivity (Wildman–Crippen MR) is 142 cm³/mol. The number of aliphatic hydroxyl groups excluding tert-OH is 1. The Morgan fingerprint density at radius 1 is 1.08 bits per heavy atom. The molecule has 1 aliphatic heterocycles. The number of aryl methyl sites for hydroxylation is 2. The fraction of sp³-hybridized carbons (Fsp3) is 0.296. The second-order valence-electron chi connectivity index (χ2n) is 9.45. The van der Waals surface area contributed by atoms with Gasteiger partial charge in [-0.2, -0.15) is 0 Å². The highest BCUT2D eigenvalue weighted by Gasteiger charge is 2.24. The van der Waals surface area contributed by atoms with Crippen LogP contribution in [0.2, 0.25) is 0 Å². The number of anilines is 3. The molecular weight excluding hydrogens is 468 g/mol. The van der Waals surface area contributed by atoms with Crippen molar-refractivity contribution in [3.8, 4) is 11.5 Å². The van der Waals surface area contributed by atoms with Crippen LogP contribution in [0.1, 0.15) is 18.4 Å². The highest BCUT2D eigenvalue weighted by Crippen LogP contribution is 2.31. The zero-order valence-electron chi connectivity index (χ0n) is 20.8. The number of nitrogens with zero attached hydrogens (tertiary/aromatic N) is 7. The molecule has 37 heavy (non-hydrogen) atoms. The average Bonchev–Trinajstić information content (AvgIpc) is 3.52. The molecule has 1 aliphatic rings. The van der Waals surface area contributed by atoms with E-state index in [2.05, 4.69) is 30.2 Å². The van der Waals surface area contributed by atoms with Crippen molar-refractivity contribution in [1.29, 1.82) is 0 Å². The SMILES string of the molecule is Cc1cc(Nc2ncnc3cnc(N4CCC(CCO)C4)nc23)ccc1Oc1ccc2c(c1)ncn2C. The van der Waals surface area contributed by atoms with Gasteiger partial charge in [0, 0.05) is 38.5 Å². The van der Waals surface area contributed by atoms with Gasteiger partial charge < -0.3 is 24.6 Å². The maximum absolute atomic E-state index is 9.27. The first-order valence-corrected chi connectivity index (χ1v) is 12.4. The molecule has 10 heteroatoms. The van der Waals surface area contributed by atoms with Gasteiger partial charge in [0.25, 0.3) is 0 Å². The average molecular weight is 497 g/mol. The summed E-state index contributed by atoms with van der Waals surface area (Å²) in [7, 11) is 1.97. The van der Waals surface area contributed by atoms with E-state index in [0.29, 0.717) is 28.7 Å². The van der Waals surface area contributed by atoms with E-state index in [1.165, 1.54) is 6.33 Å². The summed E-state index contributed by atoms with van der Waals surface area (Å²) in [5.41, 5.74) is 5.14. The quantitative estimate of drug-likeness (QED) is 0.339. The van der Waals surface area contributed by atoms with Gasteiger partial charge in [-0.3, -0.25) is 0 Å². The van der Waals surface area contributed by atoms with Crippen LogP contribution in [0.3, 0.4) is 0 Å². The zero-order valence-corrected chi connectivity index (χ0v) is 20.8. The molecule has 1 fully saturated rings. The van der Waals surface area contributed by atoms with Crippen LogP contribution in [0.15, 0.2) is 55.2 Å². The third-order valence-corrected chi connectivity index (χ3v) is 6.83. The number of imidazole rings is 1. The van der Waals surface area contributed by atoms with Crippen molar-refractivity contribution in [2.45, 2.75) is 19.8 Å². The van der Waals surface area contributed by atoms with Gasteiger partial charge in [-0.25, -0.2) is 24.9 Å². The fourth-order valence-corrected chi connectivity index (χ4v) is 4.81. The van der Waals surface area contributed by atoms with Crippen LogP contribution in [0.25, 0.3) is 22.1 Å². The van der Waals surface area contributed by atoms with Gasteiger partial charge >= 0.3 is 0 Å². The number of nitrogens with one attached hydrogen (secondary N) is 1. The molecule has 5 aromatic rings. The normalized spacial score (nSPS) is 15.5. The molecule has 0 amide bonds. The minimum absolute atomic E-state index is 0.210. The lowest BCUT2D eigenvalue weighted by Gasteiger charge is -2.17. The zero-order chi connectivity index (χ0) is 25.4. The van der Waals surface area contributed by atoms with Crippen molar-refractivity contribution in [3.05, 3.63) is 60.8 Å². The number of hydrogen-bond acceptors (Lipinski definition) is 9. The van der Waals surface area contributed by atoms with Crippen molar-refractivity contribution in [2.75, 3.05) is 29.9 Å². The van der Waals surface area contributed by atoms with Crippen LogP contribution in [0.4, 0.5) is 17.5 Å². The minimum Gasteiger partial charge on any atom is -0.457 e. The molecule has 1 saturated heterocycles. The molecule has 6 rings (SSSR count). The van der Waals surface area contributed by atoms with Crippen molar-refractivity contribution < 1.29 is 9.84 Å². The van der Waals surface area contributed by atoms with Gasteiger partial charge in [-0.05, 0) is 61.6 Å². The second-order valence-corrected chi connectivity index (χ2v) is 9.45. The number of fused-ring (bicyclic) bond motifs is 2. The standard InChI is InChI=1S/C27H28N8O2/c1-17-11-19(3-6-24(17)37-20-4-5-23-21(12-20)31-16-34(23)2)32-26-25-22(29-15-30-26)13-28-27(33-25)35-9-7-18(14-35)8-10-36/h3-6,11-13,15-16,18,36H,7-10,14H2,1-2H3,(H,29,30,32). The minimum atomic E-state index is 0.210. The molecule has 0 saturated carbocycles. The molecule has 10 nitrogen and oxygen atoms in total. The lowest BCUT2D eigenvalue weighted by atomic mass is 10.1. The van der Waals surface area contributed by atoms with Crippen molar-refractivity contribution in [1.82, 2.24) is 29.5 Å². The maximum atomic E-state index is 9.27. The van der Waals surface area contributed by atoms with Gasteiger partial charge in [0.2, 0.25) is 5.95 Å². The first kappa shape index (κ1) is 23.1. The summed E-state index contributed by atoms with van der Waals surface area (Å²) in [6.45, 7) is 3.94. The summed E-state index contributed by atoms with van der Waals surface area (Å²) in [6.07, 6.45) is 6.88. The maximum Gasteiger partial charge on any atom is 0.226 e. The number of ether oxygens (including phenoxy) is 1. The van der Waals surface area contributed by atoms with E-state index in [-0.39, 0.29) is 6.61 Å². The Balaban J connectivity index is 1.22. The molecule has 0 bridgehead atoms. The van der Waals surface area contributed by atoms with E-state index in [1.54, 1.807) is 12.5 Å². The Kier molecular flexibility index (Phi) is 6.01. The molecule has 2 aromatic carbocycles. The van der Waals surface area contributed by atoms with E-state index in [1.807, 2.05) is 54.9 Å². The highest BCUT2D eigenvalue weighted by atomic mass is 16.5. The number of hydrogen-bond donors (Lipinski definition) is 2. The molecule has 0 aliphatic carbocycles. The van der Waals surface area contributed by atoms with E-state index in [4.69, 9.17) is 9.72 Å². The van der Waals surface area contributed by atoms with Gasteiger partial charge in [0.1, 0.15) is 28.9 Å². The molecule has 0 radical (unpaired) electrons. The monoisotopic (exact) mass is 496 g/mol. The van der Waals surface area contributed by atoms with Crippen molar-refractivity contribution in [3.63, 3.8) is 0 Å². The van der Waals surface area contributed by atoms with Gasteiger partial charge in [-0.1, -0.05) is 0 Å². The molecule has 2 N–H and O–H groups in total. The molecular formula is C27H28N8O2. The lowest BCUT2D eigenvalue weighted by molar-refractivity contribution is 0.263. The third-order valence-electron chi connectivity index (χ3n) is 6.83. The Morgan fingerprint density at radius 3 is 2.86 bits per heavy atom. The molecule has 1 unspecified atom stereocenters. The summed E-state index contributed by atoms with van der Waals surface area (Å²) >= 11 is 0. The first-order valence-electron chi connectivity index (χ1n) is 12.4. The summed E-state index contributed by atoms with van der Waals surface area (Å²) < 4.78 is 8.14. The number of benzene rings is 2. The number of aromatic nitrogens is 6. The topological polar surface area (TPSA) is 114 Å². The molecule has 188 valence electrons. The predicted octanol–water partition coefficient (Wildman–Crippen LogP) is 4.36. The van der Waals surface area contributed by atoms with E-state index in [9.17, 15) is 5.11 Å². The fourth-order valence-electron chi connectivity index (χ4n) is 4.81. The van der Waals surface area contributed by atoms with E-state index >= 15 is 0 Å². The van der Waals surface area contributed by atoms with Crippen LogP contribution in [0.5, 0.6) is 11.5 Å². The van der Waals surface area contributed by atoms with Crippen LogP contribution < -0.4 is 15.0 Å². The summed E-state index contributed by atoms with van der Waals surface area (Å²) in [4.78, 5) is 24.7.